The summed E-state index contributed by atoms with van der Waals surface area (Å²) in [7, 11) is 0. The first-order valence-electron chi connectivity index (χ1n) is 6.38. The van der Waals surface area contributed by atoms with E-state index in [0.29, 0.717) is 18.1 Å². The van der Waals surface area contributed by atoms with Crippen molar-refractivity contribution in [3.8, 4) is 0 Å². The van der Waals surface area contributed by atoms with Crippen LogP contribution in [0.4, 0.5) is 0 Å². The third-order valence-corrected chi connectivity index (χ3v) is 4.00. The largest absolute Gasteiger partial charge is 0.465 e. The number of amides is 1. The molecule has 2 aliphatic heterocycles. The number of thioether (sulfide) groups is 1. The molecule has 3 rings (SSSR count). The van der Waals surface area contributed by atoms with E-state index in [9.17, 15) is 4.79 Å². The maximum absolute atomic E-state index is 11.8. The number of carbonyl (C=O) groups excluding carboxylic acids is 1. The second-order valence-corrected chi connectivity index (χ2v) is 5.32. The van der Waals surface area contributed by atoms with E-state index in [-0.39, 0.29) is 5.91 Å². The average molecular weight is 290 g/mol. The van der Waals surface area contributed by atoms with Crippen molar-refractivity contribution in [1.29, 1.82) is 0 Å². The van der Waals surface area contributed by atoms with Gasteiger partial charge in [0.15, 0.2) is 5.17 Å². The van der Waals surface area contributed by atoms with Crippen molar-refractivity contribution in [2.24, 2.45) is 4.99 Å². The molecule has 6 heteroatoms. The van der Waals surface area contributed by atoms with Crippen molar-refractivity contribution in [3.05, 3.63) is 41.2 Å². The fourth-order valence-electron chi connectivity index (χ4n) is 1.92. The standard InChI is InChI=1S/C14H14N2O3S/c17-13-12(5-1-3-11-4-2-8-19-11)20-14(15-13)16-6-9-18-10-7-16/h1-5,8H,6-7,9-10H2/b3-1+,12-5+. The molecule has 1 aromatic heterocycles. The fraction of sp³-hybridized carbons (Fsp3) is 0.286. The highest BCUT2D eigenvalue weighted by atomic mass is 32.2. The summed E-state index contributed by atoms with van der Waals surface area (Å²) in [6.45, 7) is 2.94. The molecule has 104 valence electrons. The van der Waals surface area contributed by atoms with Crippen molar-refractivity contribution in [2.45, 2.75) is 0 Å². The Morgan fingerprint density at radius 3 is 2.95 bits per heavy atom. The topological polar surface area (TPSA) is 55.0 Å². The number of allylic oxidation sites excluding steroid dienone is 2. The highest BCUT2D eigenvalue weighted by Crippen LogP contribution is 2.28. The van der Waals surface area contributed by atoms with Crippen LogP contribution in [0, 0.1) is 0 Å². The molecule has 0 bridgehead atoms. The average Bonchev–Trinajstić information content (AvgIpc) is 3.11. The first-order valence-corrected chi connectivity index (χ1v) is 7.20. The molecule has 0 radical (unpaired) electrons. The summed E-state index contributed by atoms with van der Waals surface area (Å²) in [5.41, 5.74) is 0. The van der Waals surface area contributed by atoms with Gasteiger partial charge in [0.05, 0.1) is 24.4 Å². The summed E-state index contributed by atoms with van der Waals surface area (Å²) in [5, 5.41) is 0.774. The fourth-order valence-corrected chi connectivity index (χ4v) is 2.83. The van der Waals surface area contributed by atoms with Gasteiger partial charge in [-0.25, -0.2) is 0 Å². The number of morpholine rings is 1. The van der Waals surface area contributed by atoms with Crippen LogP contribution in [-0.2, 0) is 9.53 Å². The lowest BCUT2D eigenvalue weighted by atomic mass is 10.3. The third kappa shape index (κ3) is 3.02. The quantitative estimate of drug-likeness (QED) is 0.781. The van der Waals surface area contributed by atoms with E-state index in [2.05, 4.69) is 9.89 Å². The Bertz CT molecular complexity index is 569. The molecule has 0 aliphatic carbocycles. The van der Waals surface area contributed by atoms with Gasteiger partial charge >= 0.3 is 0 Å². The van der Waals surface area contributed by atoms with E-state index < -0.39 is 0 Å². The van der Waals surface area contributed by atoms with E-state index in [0.717, 1.165) is 24.0 Å². The SMILES string of the molecule is O=C1N=C(N2CCOCC2)S/C1=C/C=C/c1ccco1. The third-order valence-electron chi connectivity index (χ3n) is 2.94. The number of rotatable bonds is 2. The molecular formula is C14H14N2O3S. The van der Waals surface area contributed by atoms with Crippen molar-refractivity contribution in [1.82, 2.24) is 4.90 Å². The van der Waals surface area contributed by atoms with Crippen LogP contribution < -0.4 is 0 Å². The molecule has 0 unspecified atom stereocenters. The molecule has 1 saturated heterocycles. The zero-order chi connectivity index (χ0) is 13.8. The van der Waals surface area contributed by atoms with Crippen LogP contribution in [0.1, 0.15) is 5.76 Å². The van der Waals surface area contributed by atoms with Crippen molar-refractivity contribution < 1.29 is 13.9 Å². The van der Waals surface area contributed by atoms with Crippen molar-refractivity contribution in [3.63, 3.8) is 0 Å². The van der Waals surface area contributed by atoms with Gasteiger partial charge in [-0.1, -0.05) is 6.08 Å². The predicted molar refractivity (Wildman–Crippen MR) is 78.3 cm³/mol. The Hall–Kier alpha value is -1.79. The lowest BCUT2D eigenvalue weighted by Gasteiger charge is -2.27. The summed E-state index contributed by atoms with van der Waals surface area (Å²) in [5.74, 6) is 0.576. The first kappa shape index (κ1) is 13.2. The van der Waals surface area contributed by atoms with Gasteiger partial charge in [-0.2, -0.15) is 4.99 Å². The molecular weight excluding hydrogens is 276 g/mol. The molecule has 0 saturated carbocycles. The molecule has 0 spiro atoms. The minimum absolute atomic E-state index is 0.180. The first-order chi connectivity index (χ1) is 9.83. The smallest absolute Gasteiger partial charge is 0.286 e. The van der Waals surface area contributed by atoms with Gasteiger partial charge in [0, 0.05) is 13.1 Å². The molecule has 1 fully saturated rings. The minimum atomic E-state index is -0.180. The van der Waals surface area contributed by atoms with Gasteiger partial charge in [0.1, 0.15) is 5.76 Å². The number of hydrogen-bond donors (Lipinski definition) is 0. The van der Waals surface area contributed by atoms with Crippen LogP contribution in [0.3, 0.4) is 0 Å². The molecule has 20 heavy (non-hydrogen) atoms. The van der Waals surface area contributed by atoms with Gasteiger partial charge in [0.2, 0.25) is 0 Å². The molecule has 3 heterocycles. The number of furan rings is 1. The molecule has 0 atom stereocenters. The Balaban J connectivity index is 1.64. The Morgan fingerprint density at radius 1 is 1.35 bits per heavy atom. The maximum atomic E-state index is 11.8. The van der Waals surface area contributed by atoms with Gasteiger partial charge in [-0.15, -0.1) is 0 Å². The highest BCUT2D eigenvalue weighted by Gasteiger charge is 2.26. The molecule has 1 amide bonds. The van der Waals surface area contributed by atoms with Gasteiger partial charge in [-0.05, 0) is 36.0 Å². The summed E-state index contributed by atoms with van der Waals surface area (Å²) in [4.78, 5) is 18.6. The van der Waals surface area contributed by atoms with E-state index in [1.165, 1.54) is 11.8 Å². The maximum Gasteiger partial charge on any atom is 0.286 e. The van der Waals surface area contributed by atoms with Crippen LogP contribution >= 0.6 is 11.8 Å². The number of aliphatic imine (C=N–C) groups is 1. The minimum Gasteiger partial charge on any atom is -0.465 e. The number of hydrogen-bond acceptors (Lipinski definition) is 5. The second kappa shape index (κ2) is 6.11. The Kier molecular flexibility index (Phi) is 4.03. The lowest BCUT2D eigenvalue weighted by molar-refractivity contribution is -0.113. The zero-order valence-electron chi connectivity index (χ0n) is 10.8. The number of nitrogens with zero attached hydrogens (tertiary/aromatic N) is 2. The summed E-state index contributed by atoms with van der Waals surface area (Å²) < 4.78 is 10.5. The van der Waals surface area contributed by atoms with E-state index in [1.807, 2.05) is 18.2 Å². The molecule has 0 N–H and O–H groups in total. The summed E-state index contributed by atoms with van der Waals surface area (Å²) in [6, 6.07) is 3.68. The van der Waals surface area contributed by atoms with E-state index in [1.54, 1.807) is 18.4 Å². The van der Waals surface area contributed by atoms with E-state index >= 15 is 0 Å². The predicted octanol–water partition coefficient (Wildman–Crippen LogP) is 2.14. The number of ether oxygens (including phenoxy) is 1. The van der Waals surface area contributed by atoms with Crippen molar-refractivity contribution in [2.75, 3.05) is 26.3 Å². The van der Waals surface area contributed by atoms with Crippen molar-refractivity contribution >= 4 is 28.9 Å². The lowest BCUT2D eigenvalue weighted by Crippen LogP contribution is -2.38. The highest BCUT2D eigenvalue weighted by molar-refractivity contribution is 8.18. The second-order valence-electron chi connectivity index (χ2n) is 4.31. The molecule has 2 aliphatic rings. The molecule has 5 nitrogen and oxygen atoms in total. The number of carbonyl (C=O) groups is 1. The van der Waals surface area contributed by atoms with Crippen LogP contribution in [0.5, 0.6) is 0 Å². The summed E-state index contributed by atoms with van der Waals surface area (Å²) in [6.07, 6.45) is 7.00. The van der Waals surface area contributed by atoms with Gasteiger partial charge in [0.25, 0.3) is 5.91 Å². The molecule has 1 aromatic rings. The zero-order valence-corrected chi connectivity index (χ0v) is 11.6. The monoisotopic (exact) mass is 290 g/mol. The van der Waals surface area contributed by atoms with Crippen LogP contribution in [0.25, 0.3) is 6.08 Å². The normalized spacial score (nSPS) is 22.0. The van der Waals surface area contributed by atoms with Gasteiger partial charge in [-0.3, -0.25) is 4.79 Å². The number of amidine groups is 1. The van der Waals surface area contributed by atoms with Crippen LogP contribution in [0.15, 0.2) is 44.9 Å². The summed E-state index contributed by atoms with van der Waals surface area (Å²) >= 11 is 1.41. The van der Waals surface area contributed by atoms with Gasteiger partial charge < -0.3 is 14.1 Å². The molecule has 0 aromatic carbocycles. The van der Waals surface area contributed by atoms with Crippen LogP contribution in [-0.4, -0.2) is 42.3 Å². The van der Waals surface area contributed by atoms with Crippen LogP contribution in [0.2, 0.25) is 0 Å². The van der Waals surface area contributed by atoms with E-state index in [4.69, 9.17) is 9.15 Å². The Morgan fingerprint density at radius 2 is 2.20 bits per heavy atom. The Labute approximate surface area is 121 Å².